The Morgan fingerprint density at radius 3 is 2.58 bits per heavy atom. The van der Waals surface area contributed by atoms with Gasteiger partial charge in [-0.1, -0.05) is 41.9 Å². The molecule has 0 aromatic heterocycles. The number of amides is 1. The van der Waals surface area contributed by atoms with Crippen LogP contribution >= 0.6 is 0 Å². The third-order valence-electron chi connectivity index (χ3n) is 6.91. The number of carbonyl (C=O) groups excluding carboxylic acids is 1. The summed E-state index contributed by atoms with van der Waals surface area (Å²) in [6, 6.07) is 16.0. The van der Waals surface area contributed by atoms with Crippen LogP contribution in [-0.4, -0.2) is 47.0 Å². The van der Waals surface area contributed by atoms with Crippen molar-refractivity contribution in [1.82, 2.24) is 4.90 Å². The fraction of sp³-hybridized carbons (Fsp3) is 0.462. The average molecular weight is 451 g/mol. The number of hydrogen-bond acceptors (Lipinski definition) is 5. The number of fused-ring (bicyclic) bond motifs is 1. The number of rotatable bonds is 7. The molecule has 2 aromatic carbocycles. The number of nitrogens with two attached hydrogens (primary N) is 1. The maximum atomic E-state index is 13.5. The number of oxime groups is 1. The van der Waals surface area contributed by atoms with Gasteiger partial charge in [0.15, 0.2) is 5.84 Å². The Bertz CT molecular complexity index is 999. The lowest BCUT2D eigenvalue weighted by atomic mass is 9.97. The second kappa shape index (κ2) is 10.3. The van der Waals surface area contributed by atoms with E-state index < -0.39 is 6.10 Å². The number of likely N-dealkylation sites (tertiary alicyclic amines) is 1. The predicted molar refractivity (Wildman–Crippen MR) is 130 cm³/mol. The normalized spacial score (nSPS) is 23.8. The van der Waals surface area contributed by atoms with Gasteiger partial charge in [-0.05, 0) is 64.3 Å². The highest BCUT2D eigenvalue weighted by molar-refractivity contribution is 6.01. The molecule has 0 aliphatic carbocycles. The minimum Gasteiger partial charge on any atom is -0.474 e. The van der Waals surface area contributed by atoms with E-state index in [-0.39, 0.29) is 11.7 Å². The molecule has 2 heterocycles. The quantitative estimate of drug-likeness (QED) is 0.216. The van der Waals surface area contributed by atoms with Crippen LogP contribution in [0.5, 0.6) is 5.75 Å². The Hall–Kier alpha value is -3.06. The van der Waals surface area contributed by atoms with Crippen molar-refractivity contribution in [3.63, 3.8) is 0 Å². The van der Waals surface area contributed by atoms with Crippen LogP contribution in [0.3, 0.4) is 0 Å². The van der Waals surface area contributed by atoms with Gasteiger partial charge in [-0.2, -0.15) is 0 Å². The van der Waals surface area contributed by atoms with E-state index in [9.17, 15) is 4.79 Å². The largest absolute Gasteiger partial charge is 0.474 e. The summed E-state index contributed by atoms with van der Waals surface area (Å²) in [6.07, 6.45) is 5.06. The Morgan fingerprint density at radius 1 is 1.09 bits per heavy atom. The lowest BCUT2D eigenvalue weighted by molar-refractivity contribution is -0.126. The maximum absolute atomic E-state index is 13.5. The molecular weight excluding hydrogens is 416 g/mol. The van der Waals surface area contributed by atoms with Gasteiger partial charge < -0.3 is 20.6 Å². The fourth-order valence-corrected chi connectivity index (χ4v) is 5.06. The van der Waals surface area contributed by atoms with Gasteiger partial charge in [-0.3, -0.25) is 9.69 Å². The van der Waals surface area contributed by atoms with Crippen LogP contribution in [0.15, 0.2) is 53.7 Å². The molecule has 0 saturated carbocycles. The van der Waals surface area contributed by atoms with E-state index in [1.165, 1.54) is 19.3 Å². The molecule has 2 aliphatic heterocycles. The molecule has 33 heavy (non-hydrogen) atoms. The van der Waals surface area contributed by atoms with E-state index >= 15 is 0 Å². The van der Waals surface area contributed by atoms with Crippen molar-refractivity contribution in [3.05, 3.63) is 59.7 Å². The number of carbonyl (C=O) groups is 1. The molecule has 2 aliphatic rings. The molecule has 0 radical (unpaired) electrons. The highest BCUT2D eigenvalue weighted by Gasteiger charge is 2.35. The van der Waals surface area contributed by atoms with Gasteiger partial charge in [0.2, 0.25) is 6.10 Å². The highest BCUT2D eigenvalue weighted by atomic mass is 16.5. The summed E-state index contributed by atoms with van der Waals surface area (Å²) in [5.41, 5.74) is 7.79. The summed E-state index contributed by atoms with van der Waals surface area (Å²) >= 11 is 0. The number of ether oxygens (including phenoxy) is 1. The Kier molecular flexibility index (Phi) is 7.18. The molecule has 4 rings (SSSR count). The Morgan fingerprint density at radius 2 is 1.82 bits per heavy atom. The number of para-hydroxylation sites is 2. The molecule has 7 heteroatoms. The van der Waals surface area contributed by atoms with Crippen molar-refractivity contribution >= 4 is 17.4 Å². The van der Waals surface area contributed by atoms with E-state index in [1.807, 2.05) is 35.2 Å². The van der Waals surface area contributed by atoms with Crippen LogP contribution in [0.25, 0.3) is 0 Å². The third kappa shape index (κ3) is 4.98. The summed E-state index contributed by atoms with van der Waals surface area (Å²) in [5.74, 6) is 0.596. The molecular formula is C26H34N4O3. The zero-order valence-electron chi connectivity index (χ0n) is 19.5. The van der Waals surface area contributed by atoms with Crippen LogP contribution < -0.4 is 15.4 Å². The lowest BCUT2D eigenvalue weighted by Gasteiger charge is -2.39. The summed E-state index contributed by atoms with van der Waals surface area (Å²) in [7, 11) is 0. The second-order valence-electron chi connectivity index (χ2n) is 9.14. The first-order valence-corrected chi connectivity index (χ1v) is 11.9. The van der Waals surface area contributed by atoms with E-state index in [0.29, 0.717) is 35.5 Å². The lowest BCUT2D eigenvalue weighted by Crippen LogP contribution is -2.44. The van der Waals surface area contributed by atoms with Gasteiger partial charge >= 0.3 is 0 Å². The molecule has 0 spiro atoms. The van der Waals surface area contributed by atoms with Crippen LogP contribution in [0.4, 0.5) is 5.69 Å². The van der Waals surface area contributed by atoms with E-state index in [1.54, 1.807) is 18.2 Å². The number of nitrogens with zero attached hydrogens (tertiary/aromatic N) is 3. The summed E-state index contributed by atoms with van der Waals surface area (Å²) in [4.78, 5) is 18.0. The Labute approximate surface area is 195 Å². The average Bonchev–Trinajstić information content (AvgIpc) is 2.83. The first kappa shape index (κ1) is 23.1. The van der Waals surface area contributed by atoms with Crippen molar-refractivity contribution in [1.29, 1.82) is 0 Å². The highest BCUT2D eigenvalue weighted by Crippen LogP contribution is 2.39. The number of benzene rings is 2. The van der Waals surface area contributed by atoms with Crippen LogP contribution in [0.2, 0.25) is 0 Å². The van der Waals surface area contributed by atoms with E-state index in [2.05, 4.69) is 23.9 Å². The molecule has 176 valence electrons. The van der Waals surface area contributed by atoms with Gasteiger partial charge in [-0.15, -0.1) is 0 Å². The third-order valence-corrected chi connectivity index (χ3v) is 6.91. The molecule has 1 fully saturated rings. The van der Waals surface area contributed by atoms with E-state index in [0.717, 1.165) is 25.1 Å². The minimum absolute atomic E-state index is 0.00136. The summed E-state index contributed by atoms with van der Waals surface area (Å²) in [5, 5.41) is 12.1. The van der Waals surface area contributed by atoms with Crippen molar-refractivity contribution in [2.24, 2.45) is 10.9 Å². The van der Waals surface area contributed by atoms with Gasteiger partial charge in [0.25, 0.3) is 5.91 Å². The number of piperidine rings is 1. The van der Waals surface area contributed by atoms with Crippen molar-refractivity contribution in [2.45, 2.75) is 64.1 Å². The van der Waals surface area contributed by atoms with Crippen molar-refractivity contribution in [3.8, 4) is 5.75 Å². The molecule has 0 bridgehead atoms. The van der Waals surface area contributed by atoms with Crippen molar-refractivity contribution < 1.29 is 14.7 Å². The summed E-state index contributed by atoms with van der Waals surface area (Å²) < 4.78 is 6.12. The van der Waals surface area contributed by atoms with Crippen molar-refractivity contribution in [2.75, 3.05) is 18.0 Å². The molecule has 3 N–H and O–H groups in total. The fourth-order valence-electron chi connectivity index (χ4n) is 5.06. The standard InChI is InChI=1S/C26H34N4O3/c1-18-9-7-10-19(2)29(18)15-5-6-16-30-22-13-3-4-14-23(22)33-24(26(30)31)20-11-8-12-21(17-20)25(27)28-32/h3-4,8,11-14,17-19,24,32H,5-7,9-10,15-16H2,1-2H3,(H2,27,28)/t18-,19+,24?. The van der Waals surface area contributed by atoms with Crippen LogP contribution in [0.1, 0.15) is 63.2 Å². The molecule has 1 saturated heterocycles. The monoisotopic (exact) mass is 450 g/mol. The SMILES string of the molecule is C[C@@H]1CCC[C@H](C)N1CCCCN1C(=O)C(c2cccc(/C(N)=N/O)c2)Oc2ccccc21. The Balaban J connectivity index is 1.48. The molecule has 3 atom stereocenters. The topological polar surface area (TPSA) is 91.4 Å². The predicted octanol–water partition coefficient (Wildman–Crippen LogP) is 4.29. The van der Waals surface area contributed by atoms with Crippen LogP contribution in [-0.2, 0) is 4.79 Å². The van der Waals surface area contributed by atoms with Gasteiger partial charge in [0.1, 0.15) is 5.75 Å². The first-order valence-electron chi connectivity index (χ1n) is 11.9. The first-order chi connectivity index (χ1) is 16.0. The molecule has 2 aromatic rings. The van der Waals surface area contributed by atoms with E-state index in [4.69, 9.17) is 15.7 Å². The maximum Gasteiger partial charge on any atom is 0.272 e. The zero-order valence-corrected chi connectivity index (χ0v) is 19.5. The van der Waals surface area contributed by atoms with Gasteiger partial charge in [-0.25, -0.2) is 0 Å². The number of amidine groups is 1. The minimum atomic E-state index is -0.770. The summed E-state index contributed by atoms with van der Waals surface area (Å²) in [6.45, 7) is 6.36. The number of unbranched alkanes of at least 4 members (excludes halogenated alkanes) is 1. The zero-order chi connectivity index (χ0) is 23.4. The molecule has 1 unspecified atom stereocenters. The van der Waals surface area contributed by atoms with Gasteiger partial charge in [0.05, 0.1) is 5.69 Å². The smallest absolute Gasteiger partial charge is 0.272 e. The number of hydrogen-bond donors (Lipinski definition) is 2. The second-order valence-corrected chi connectivity index (χ2v) is 9.14. The van der Waals surface area contributed by atoms with Gasteiger partial charge in [0, 0.05) is 29.8 Å². The van der Waals surface area contributed by atoms with Crippen LogP contribution in [0, 0.1) is 0 Å². The molecule has 7 nitrogen and oxygen atoms in total. The number of anilines is 1. The molecule has 1 amide bonds.